The second kappa shape index (κ2) is 5.21. The van der Waals surface area contributed by atoms with Crippen molar-refractivity contribution in [2.75, 3.05) is 6.61 Å². The van der Waals surface area contributed by atoms with E-state index in [1.54, 1.807) is 13.8 Å². The molecule has 100 valence electrons. The molecular weight excluding hydrogens is 304 g/mol. The highest BCUT2D eigenvalue weighted by Gasteiger charge is 2.32. The van der Waals surface area contributed by atoms with Crippen molar-refractivity contribution >= 4 is 21.6 Å². The molecule has 0 saturated carbocycles. The minimum atomic E-state index is -0.723. The largest absolute Gasteiger partial charge is 0.502 e. The van der Waals surface area contributed by atoms with Crippen molar-refractivity contribution < 1.29 is 15.1 Å². The molecule has 1 atom stereocenters. The quantitative estimate of drug-likeness (QED) is 0.581. The predicted octanol–water partition coefficient (Wildman–Crippen LogP) is 2.08. The molecule has 0 aliphatic carbocycles. The average Bonchev–Trinajstić information content (AvgIpc) is 2.30. The Morgan fingerprint density at radius 3 is 2.56 bits per heavy atom. The molecule has 0 aliphatic heterocycles. The van der Waals surface area contributed by atoms with Crippen LogP contribution in [0.1, 0.15) is 25.5 Å². The number of phenols is 1. The highest BCUT2D eigenvalue weighted by Crippen LogP contribution is 2.41. The summed E-state index contributed by atoms with van der Waals surface area (Å²) in [5, 5.41) is 29.9. The number of hydrogen-bond acceptors (Lipinski definition) is 5. The summed E-state index contributed by atoms with van der Waals surface area (Å²) in [5.41, 5.74) is 5.07. The van der Waals surface area contributed by atoms with Crippen molar-refractivity contribution in [1.82, 2.24) is 0 Å². The SMILES string of the molecule is CC(C)(CO)[C@H](N)c1cc(Br)cc([N+](=O)[O-])c1O. The summed E-state index contributed by atoms with van der Waals surface area (Å²) in [7, 11) is 0. The number of benzene rings is 1. The first-order valence-electron chi connectivity index (χ1n) is 5.24. The topological polar surface area (TPSA) is 110 Å². The van der Waals surface area contributed by atoms with Gasteiger partial charge in [0.1, 0.15) is 0 Å². The van der Waals surface area contributed by atoms with Crippen molar-refractivity contribution in [1.29, 1.82) is 0 Å². The molecular formula is C11H15BrN2O4. The van der Waals surface area contributed by atoms with E-state index in [0.717, 1.165) is 0 Å². The molecule has 0 aliphatic rings. The maximum Gasteiger partial charge on any atom is 0.312 e. The third-order valence-electron chi connectivity index (χ3n) is 2.87. The van der Waals surface area contributed by atoms with Crippen molar-refractivity contribution in [2.24, 2.45) is 11.1 Å². The van der Waals surface area contributed by atoms with Gasteiger partial charge < -0.3 is 15.9 Å². The summed E-state index contributed by atoms with van der Waals surface area (Å²) in [6, 6.07) is 2.00. The molecule has 0 bridgehead atoms. The van der Waals surface area contributed by atoms with Gasteiger partial charge in [-0.15, -0.1) is 0 Å². The lowest BCUT2D eigenvalue weighted by molar-refractivity contribution is -0.386. The zero-order valence-corrected chi connectivity index (χ0v) is 11.6. The van der Waals surface area contributed by atoms with Crippen LogP contribution in [-0.2, 0) is 0 Å². The average molecular weight is 319 g/mol. The van der Waals surface area contributed by atoms with E-state index in [2.05, 4.69) is 15.9 Å². The normalized spacial score (nSPS) is 13.4. The molecule has 0 fully saturated rings. The number of nitro groups is 1. The summed E-state index contributed by atoms with van der Waals surface area (Å²) in [5.74, 6) is -0.461. The molecule has 0 unspecified atom stereocenters. The number of aliphatic hydroxyl groups is 1. The monoisotopic (exact) mass is 318 g/mol. The van der Waals surface area contributed by atoms with E-state index in [-0.39, 0.29) is 12.2 Å². The van der Waals surface area contributed by atoms with Crippen molar-refractivity contribution in [3.05, 3.63) is 32.3 Å². The fourth-order valence-electron chi connectivity index (χ4n) is 1.50. The first kappa shape index (κ1) is 14.9. The molecule has 0 aromatic heterocycles. The van der Waals surface area contributed by atoms with E-state index in [9.17, 15) is 20.3 Å². The van der Waals surface area contributed by atoms with Gasteiger partial charge in [0.15, 0.2) is 5.75 Å². The van der Waals surface area contributed by atoms with Gasteiger partial charge in [-0.3, -0.25) is 10.1 Å². The van der Waals surface area contributed by atoms with Gasteiger partial charge in [-0.25, -0.2) is 0 Å². The maximum atomic E-state index is 10.8. The Labute approximate surface area is 113 Å². The van der Waals surface area contributed by atoms with Crippen molar-refractivity contribution in [3.63, 3.8) is 0 Å². The molecule has 7 heteroatoms. The summed E-state index contributed by atoms with van der Waals surface area (Å²) in [6.07, 6.45) is 0. The van der Waals surface area contributed by atoms with Gasteiger partial charge in [0, 0.05) is 34.2 Å². The molecule has 1 rings (SSSR count). The Kier molecular flexibility index (Phi) is 4.31. The fourth-order valence-corrected chi connectivity index (χ4v) is 1.96. The van der Waals surface area contributed by atoms with Gasteiger partial charge in [0.05, 0.1) is 4.92 Å². The Hall–Kier alpha value is -1.18. The molecule has 0 heterocycles. The summed E-state index contributed by atoms with van der Waals surface area (Å²) >= 11 is 3.14. The van der Waals surface area contributed by atoms with Gasteiger partial charge >= 0.3 is 5.69 Å². The van der Waals surface area contributed by atoms with Crippen molar-refractivity contribution in [2.45, 2.75) is 19.9 Å². The number of hydrogen-bond donors (Lipinski definition) is 3. The van der Waals surface area contributed by atoms with Gasteiger partial charge in [0.2, 0.25) is 0 Å². The Bertz CT molecular complexity index is 476. The second-order valence-corrected chi connectivity index (χ2v) is 5.66. The van der Waals surface area contributed by atoms with Crippen LogP contribution in [0, 0.1) is 15.5 Å². The lowest BCUT2D eigenvalue weighted by atomic mass is 9.81. The van der Waals surface area contributed by atoms with E-state index >= 15 is 0 Å². The maximum absolute atomic E-state index is 10.8. The minimum absolute atomic E-state index is 0.200. The molecule has 6 nitrogen and oxygen atoms in total. The van der Waals surface area contributed by atoms with Crippen LogP contribution in [0.2, 0.25) is 0 Å². The van der Waals surface area contributed by atoms with E-state index in [4.69, 9.17) is 5.73 Å². The number of rotatable bonds is 4. The molecule has 0 spiro atoms. The van der Waals surface area contributed by atoms with Crippen LogP contribution in [0.3, 0.4) is 0 Å². The first-order chi connectivity index (χ1) is 8.20. The van der Waals surface area contributed by atoms with Gasteiger partial charge in [-0.2, -0.15) is 0 Å². The Morgan fingerprint density at radius 2 is 2.11 bits per heavy atom. The second-order valence-electron chi connectivity index (χ2n) is 4.74. The highest BCUT2D eigenvalue weighted by molar-refractivity contribution is 9.10. The molecule has 4 N–H and O–H groups in total. The molecule has 0 amide bonds. The van der Waals surface area contributed by atoms with Crippen LogP contribution in [0.15, 0.2) is 16.6 Å². The summed E-state index contributed by atoms with van der Waals surface area (Å²) < 4.78 is 0.450. The van der Waals surface area contributed by atoms with Crippen LogP contribution in [0.25, 0.3) is 0 Å². The number of nitro benzene ring substituents is 1. The van der Waals surface area contributed by atoms with Crippen LogP contribution in [0.5, 0.6) is 5.75 Å². The summed E-state index contributed by atoms with van der Waals surface area (Å²) in [6.45, 7) is 3.22. The molecule has 18 heavy (non-hydrogen) atoms. The zero-order chi connectivity index (χ0) is 14.1. The molecule has 1 aromatic rings. The van der Waals surface area contributed by atoms with Crippen LogP contribution in [0.4, 0.5) is 5.69 Å². The van der Waals surface area contributed by atoms with E-state index in [0.29, 0.717) is 4.47 Å². The number of phenolic OH excluding ortho intramolecular Hbond substituents is 1. The number of nitrogens with zero attached hydrogens (tertiary/aromatic N) is 1. The van der Waals surface area contributed by atoms with E-state index < -0.39 is 27.8 Å². The van der Waals surface area contributed by atoms with Gasteiger partial charge in [-0.1, -0.05) is 29.8 Å². The van der Waals surface area contributed by atoms with E-state index in [1.165, 1.54) is 12.1 Å². The Balaban J connectivity index is 3.37. The fraction of sp³-hybridized carbons (Fsp3) is 0.455. The zero-order valence-electron chi connectivity index (χ0n) is 10.1. The van der Waals surface area contributed by atoms with E-state index in [1.807, 2.05) is 0 Å². The van der Waals surface area contributed by atoms with Gasteiger partial charge in [-0.05, 0) is 6.07 Å². The molecule has 0 saturated heterocycles. The standard InChI is InChI=1S/C11H15BrN2O4/c1-11(2,5-15)10(13)7-3-6(12)4-8(9(7)16)14(17)18/h3-4,10,15-16H,5,13H2,1-2H3/t10-/m1/s1. The van der Waals surface area contributed by atoms with Crippen molar-refractivity contribution in [3.8, 4) is 5.75 Å². The third kappa shape index (κ3) is 2.80. The van der Waals surface area contributed by atoms with Gasteiger partial charge in [0.25, 0.3) is 0 Å². The van der Waals surface area contributed by atoms with Crippen LogP contribution >= 0.6 is 15.9 Å². The smallest absolute Gasteiger partial charge is 0.312 e. The highest BCUT2D eigenvalue weighted by atomic mass is 79.9. The van der Waals surface area contributed by atoms with Crippen LogP contribution in [-0.4, -0.2) is 21.7 Å². The Morgan fingerprint density at radius 1 is 1.56 bits per heavy atom. The third-order valence-corrected chi connectivity index (χ3v) is 3.32. The number of halogens is 1. The molecule has 0 radical (unpaired) electrons. The number of aliphatic hydroxyl groups excluding tert-OH is 1. The summed E-state index contributed by atoms with van der Waals surface area (Å²) in [4.78, 5) is 10.1. The molecule has 1 aromatic carbocycles. The predicted molar refractivity (Wildman–Crippen MR) is 70.3 cm³/mol. The number of nitrogens with two attached hydrogens (primary N) is 1. The minimum Gasteiger partial charge on any atom is -0.502 e. The first-order valence-corrected chi connectivity index (χ1v) is 6.03. The lowest BCUT2D eigenvalue weighted by Gasteiger charge is -2.30. The van der Waals surface area contributed by atoms with Crippen LogP contribution < -0.4 is 5.73 Å². The number of aromatic hydroxyl groups is 1. The lowest BCUT2D eigenvalue weighted by Crippen LogP contribution is -2.32.